The lowest BCUT2D eigenvalue weighted by molar-refractivity contribution is 0.415. The van der Waals surface area contributed by atoms with Gasteiger partial charge >= 0.3 is 0 Å². The summed E-state index contributed by atoms with van der Waals surface area (Å²) in [6.45, 7) is 3.51. The third-order valence-corrected chi connectivity index (χ3v) is 3.41. The van der Waals surface area contributed by atoms with Crippen molar-refractivity contribution in [2.75, 3.05) is 12.4 Å². The van der Waals surface area contributed by atoms with E-state index in [1.54, 1.807) is 13.3 Å². The topological polar surface area (TPSA) is 77.8 Å². The molecule has 0 fully saturated rings. The van der Waals surface area contributed by atoms with Gasteiger partial charge in [0.25, 0.3) is 0 Å². The summed E-state index contributed by atoms with van der Waals surface area (Å²) < 4.78 is 7.04. The number of nitrogens with one attached hydrogen (secondary N) is 1. The van der Waals surface area contributed by atoms with Crippen molar-refractivity contribution in [2.45, 2.75) is 20.0 Å². The molecule has 0 aliphatic rings. The number of methoxy groups -OCH3 is 1. The number of aryl methyl sites for hydroxylation is 1. The van der Waals surface area contributed by atoms with Crippen molar-refractivity contribution in [3.63, 3.8) is 0 Å². The van der Waals surface area contributed by atoms with Gasteiger partial charge in [-0.2, -0.15) is 10.2 Å². The zero-order valence-corrected chi connectivity index (χ0v) is 13.1. The molecular weight excluding hydrogens is 292 g/mol. The normalized spacial score (nSPS) is 10.5. The molecule has 0 aliphatic heterocycles. The predicted molar refractivity (Wildman–Crippen MR) is 87.0 cm³/mol. The van der Waals surface area contributed by atoms with Crippen LogP contribution >= 0.6 is 0 Å². The summed E-state index contributed by atoms with van der Waals surface area (Å²) >= 11 is 0. The molecule has 0 unspecified atom stereocenters. The van der Waals surface area contributed by atoms with Gasteiger partial charge in [-0.1, -0.05) is 0 Å². The van der Waals surface area contributed by atoms with Gasteiger partial charge in [0, 0.05) is 30.4 Å². The van der Waals surface area contributed by atoms with E-state index < -0.39 is 0 Å². The fourth-order valence-corrected chi connectivity index (χ4v) is 2.13. The molecule has 7 nitrogen and oxygen atoms in total. The second-order valence-electron chi connectivity index (χ2n) is 4.95. The minimum Gasteiger partial charge on any atom is -0.497 e. The number of hydrogen-bond acceptors (Lipinski definition) is 6. The van der Waals surface area contributed by atoms with Crippen LogP contribution in [-0.4, -0.2) is 32.1 Å². The van der Waals surface area contributed by atoms with Crippen molar-refractivity contribution in [1.82, 2.24) is 25.0 Å². The maximum atomic E-state index is 5.16. The second kappa shape index (κ2) is 6.87. The van der Waals surface area contributed by atoms with Crippen LogP contribution in [0.3, 0.4) is 0 Å². The largest absolute Gasteiger partial charge is 0.497 e. The van der Waals surface area contributed by atoms with E-state index in [1.165, 1.54) is 0 Å². The standard InChI is InChI=1S/C16H18N6O/c1-3-22-11-12(9-19-22)8-17-16-20-15(10-18-21-16)13-4-6-14(23-2)7-5-13/h4-7,9-11H,3,8H2,1-2H3,(H,17,20,21). The molecule has 1 aromatic carbocycles. The predicted octanol–water partition coefficient (Wildman–Crippen LogP) is 2.38. The molecule has 2 aromatic heterocycles. The first kappa shape index (κ1) is 15.0. The molecule has 118 valence electrons. The molecule has 3 rings (SSSR count). The van der Waals surface area contributed by atoms with E-state index in [1.807, 2.05) is 41.3 Å². The molecule has 0 spiro atoms. The third kappa shape index (κ3) is 3.63. The molecule has 0 aliphatic carbocycles. The Bertz CT molecular complexity index is 768. The molecule has 3 aromatic rings. The van der Waals surface area contributed by atoms with Gasteiger partial charge in [0.05, 0.1) is 25.2 Å². The van der Waals surface area contributed by atoms with Crippen LogP contribution < -0.4 is 10.1 Å². The average molecular weight is 310 g/mol. The molecule has 0 bridgehead atoms. The Morgan fingerprint density at radius 1 is 1.17 bits per heavy atom. The van der Waals surface area contributed by atoms with Crippen molar-refractivity contribution < 1.29 is 4.74 Å². The lowest BCUT2D eigenvalue weighted by atomic mass is 10.1. The molecule has 0 saturated heterocycles. The monoisotopic (exact) mass is 310 g/mol. The van der Waals surface area contributed by atoms with Crippen LogP contribution in [0.2, 0.25) is 0 Å². The van der Waals surface area contributed by atoms with E-state index in [4.69, 9.17) is 4.74 Å². The Labute approximate surface area is 134 Å². The maximum absolute atomic E-state index is 5.16. The first-order valence-electron chi connectivity index (χ1n) is 7.38. The number of benzene rings is 1. The molecule has 0 amide bonds. The Balaban J connectivity index is 1.71. The molecule has 0 saturated carbocycles. The van der Waals surface area contributed by atoms with Gasteiger partial charge in [-0.3, -0.25) is 4.68 Å². The summed E-state index contributed by atoms with van der Waals surface area (Å²) in [6, 6.07) is 7.67. The molecule has 23 heavy (non-hydrogen) atoms. The number of anilines is 1. The SMILES string of the molecule is CCn1cc(CNc2nncc(-c3ccc(OC)cc3)n2)cn1. The van der Waals surface area contributed by atoms with Crippen molar-refractivity contribution >= 4 is 5.95 Å². The van der Waals surface area contributed by atoms with Gasteiger partial charge in [0.2, 0.25) is 5.95 Å². The zero-order valence-electron chi connectivity index (χ0n) is 13.1. The summed E-state index contributed by atoms with van der Waals surface area (Å²) in [5.74, 6) is 1.30. The van der Waals surface area contributed by atoms with E-state index >= 15 is 0 Å². The third-order valence-electron chi connectivity index (χ3n) is 3.41. The highest BCUT2D eigenvalue weighted by molar-refractivity contribution is 5.60. The molecule has 1 N–H and O–H groups in total. The van der Waals surface area contributed by atoms with E-state index in [0.717, 1.165) is 29.1 Å². The molecular formula is C16H18N6O. The maximum Gasteiger partial charge on any atom is 0.243 e. The Morgan fingerprint density at radius 2 is 2.00 bits per heavy atom. The lowest BCUT2D eigenvalue weighted by Crippen LogP contribution is -2.05. The first-order chi connectivity index (χ1) is 11.3. The van der Waals surface area contributed by atoms with Crippen LogP contribution in [0.25, 0.3) is 11.3 Å². The smallest absolute Gasteiger partial charge is 0.243 e. The van der Waals surface area contributed by atoms with Crippen LogP contribution in [0.5, 0.6) is 5.75 Å². The van der Waals surface area contributed by atoms with E-state index in [-0.39, 0.29) is 0 Å². The van der Waals surface area contributed by atoms with Crippen LogP contribution in [0.1, 0.15) is 12.5 Å². The van der Waals surface area contributed by atoms with Crippen LogP contribution in [0.15, 0.2) is 42.9 Å². The highest BCUT2D eigenvalue weighted by atomic mass is 16.5. The number of nitrogens with zero attached hydrogens (tertiary/aromatic N) is 5. The highest BCUT2D eigenvalue weighted by Crippen LogP contribution is 2.20. The van der Waals surface area contributed by atoms with Gasteiger partial charge in [-0.05, 0) is 31.2 Å². The van der Waals surface area contributed by atoms with E-state index in [9.17, 15) is 0 Å². The van der Waals surface area contributed by atoms with Crippen LogP contribution in [-0.2, 0) is 13.1 Å². The van der Waals surface area contributed by atoms with Gasteiger partial charge in [0.1, 0.15) is 5.75 Å². The quantitative estimate of drug-likeness (QED) is 0.753. The van der Waals surface area contributed by atoms with E-state index in [2.05, 4.69) is 32.5 Å². The van der Waals surface area contributed by atoms with Gasteiger partial charge in [-0.25, -0.2) is 4.98 Å². The van der Waals surface area contributed by atoms with Crippen molar-refractivity contribution in [1.29, 1.82) is 0 Å². The summed E-state index contributed by atoms with van der Waals surface area (Å²) in [4.78, 5) is 4.49. The molecule has 7 heteroatoms. The summed E-state index contributed by atoms with van der Waals surface area (Å²) in [7, 11) is 1.64. The van der Waals surface area contributed by atoms with E-state index in [0.29, 0.717) is 12.5 Å². The van der Waals surface area contributed by atoms with Crippen LogP contribution in [0, 0.1) is 0 Å². The molecule has 0 radical (unpaired) electrons. The van der Waals surface area contributed by atoms with Crippen LogP contribution in [0.4, 0.5) is 5.95 Å². The summed E-state index contributed by atoms with van der Waals surface area (Å²) in [5.41, 5.74) is 2.79. The lowest BCUT2D eigenvalue weighted by Gasteiger charge is -2.05. The highest BCUT2D eigenvalue weighted by Gasteiger charge is 2.05. The number of ether oxygens (including phenoxy) is 1. The number of aromatic nitrogens is 5. The molecule has 0 atom stereocenters. The fraction of sp³-hybridized carbons (Fsp3) is 0.250. The Morgan fingerprint density at radius 3 is 2.70 bits per heavy atom. The van der Waals surface area contributed by atoms with Crippen molar-refractivity contribution in [3.05, 3.63) is 48.4 Å². The minimum absolute atomic E-state index is 0.488. The van der Waals surface area contributed by atoms with Gasteiger partial charge < -0.3 is 10.1 Å². The average Bonchev–Trinajstić information content (AvgIpc) is 3.08. The fourth-order valence-electron chi connectivity index (χ4n) is 2.13. The summed E-state index contributed by atoms with van der Waals surface area (Å²) in [6.07, 6.45) is 5.47. The zero-order chi connectivity index (χ0) is 16.1. The minimum atomic E-state index is 0.488. The Hall–Kier alpha value is -2.96. The first-order valence-corrected chi connectivity index (χ1v) is 7.38. The van der Waals surface area contributed by atoms with Gasteiger partial charge in [-0.15, -0.1) is 5.10 Å². The number of hydrogen-bond donors (Lipinski definition) is 1. The van der Waals surface area contributed by atoms with Crippen molar-refractivity contribution in [3.8, 4) is 17.0 Å². The Kier molecular flexibility index (Phi) is 4.46. The second-order valence-corrected chi connectivity index (χ2v) is 4.95. The number of rotatable bonds is 6. The summed E-state index contributed by atoms with van der Waals surface area (Å²) in [5, 5.41) is 15.4. The molecule has 2 heterocycles. The van der Waals surface area contributed by atoms with Crippen molar-refractivity contribution in [2.24, 2.45) is 0 Å². The van der Waals surface area contributed by atoms with Gasteiger partial charge in [0.15, 0.2) is 0 Å².